The van der Waals surface area contributed by atoms with Gasteiger partial charge in [-0.1, -0.05) is 12.1 Å². The van der Waals surface area contributed by atoms with Gasteiger partial charge in [0.1, 0.15) is 5.75 Å². The van der Waals surface area contributed by atoms with Gasteiger partial charge in [-0.25, -0.2) is 0 Å². The van der Waals surface area contributed by atoms with Gasteiger partial charge in [-0.15, -0.1) is 0 Å². The molecule has 0 N–H and O–H groups in total. The molecule has 1 aromatic carbocycles. The van der Waals surface area contributed by atoms with Gasteiger partial charge in [-0.05, 0) is 79.9 Å². The van der Waals surface area contributed by atoms with E-state index >= 15 is 0 Å². The van der Waals surface area contributed by atoms with Crippen molar-refractivity contribution in [2.45, 2.75) is 51.5 Å². The van der Waals surface area contributed by atoms with Crippen molar-refractivity contribution in [2.24, 2.45) is 23.7 Å². The summed E-state index contributed by atoms with van der Waals surface area (Å²) in [6, 6.07) is 6.49. The van der Waals surface area contributed by atoms with E-state index in [1.54, 1.807) is 7.11 Å². The van der Waals surface area contributed by atoms with E-state index in [2.05, 4.69) is 11.0 Å². The van der Waals surface area contributed by atoms with Gasteiger partial charge in [-0.2, -0.15) is 0 Å². The number of carbonyl (C=O) groups is 1. The number of amides is 1. The van der Waals surface area contributed by atoms with Crippen molar-refractivity contribution < 1.29 is 9.53 Å². The fraction of sp³-hybridized carbons (Fsp3) is 0.667. The molecule has 0 atom stereocenters. The van der Waals surface area contributed by atoms with Crippen molar-refractivity contribution in [3.63, 3.8) is 0 Å². The van der Waals surface area contributed by atoms with Crippen LogP contribution in [0.3, 0.4) is 0 Å². The minimum Gasteiger partial charge on any atom is -0.496 e. The van der Waals surface area contributed by atoms with Gasteiger partial charge < -0.3 is 9.64 Å². The Morgan fingerprint density at radius 3 is 2.33 bits per heavy atom. The van der Waals surface area contributed by atoms with Crippen LogP contribution in [-0.4, -0.2) is 31.0 Å². The molecular formula is C21H29NO2. The zero-order valence-corrected chi connectivity index (χ0v) is 15.1. The molecule has 0 spiro atoms. The number of hydrogen-bond donors (Lipinski definition) is 0. The van der Waals surface area contributed by atoms with E-state index in [9.17, 15) is 4.79 Å². The first kappa shape index (κ1) is 16.0. The smallest absolute Gasteiger partial charge is 0.227 e. The fourth-order valence-electron chi connectivity index (χ4n) is 6.06. The first-order valence-electron chi connectivity index (χ1n) is 9.45. The highest BCUT2D eigenvalue weighted by atomic mass is 16.5. The molecule has 3 heteroatoms. The number of ether oxygens (including phenoxy) is 1. The third kappa shape index (κ3) is 2.62. The van der Waals surface area contributed by atoms with E-state index < -0.39 is 0 Å². The quantitative estimate of drug-likeness (QED) is 0.841. The summed E-state index contributed by atoms with van der Waals surface area (Å²) >= 11 is 0. The molecule has 0 aromatic heterocycles. The van der Waals surface area contributed by atoms with Crippen LogP contribution in [0.4, 0.5) is 0 Å². The van der Waals surface area contributed by atoms with E-state index in [1.807, 2.05) is 26.1 Å². The number of nitrogens with zero attached hydrogens (tertiary/aromatic N) is 1. The first-order chi connectivity index (χ1) is 11.6. The molecule has 0 radical (unpaired) electrons. The van der Waals surface area contributed by atoms with Gasteiger partial charge in [0.25, 0.3) is 0 Å². The van der Waals surface area contributed by atoms with Crippen LogP contribution in [0.25, 0.3) is 0 Å². The molecule has 4 fully saturated rings. The van der Waals surface area contributed by atoms with Gasteiger partial charge in [-0.3, -0.25) is 4.79 Å². The minimum atomic E-state index is 0.267. The summed E-state index contributed by atoms with van der Waals surface area (Å²) in [7, 11) is 3.74. The van der Waals surface area contributed by atoms with Crippen molar-refractivity contribution in [2.75, 3.05) is 14.2 Å². The molecule has 5 rings (SSSR count). The van der Waals surface area contributed by atoms with Gasteiger partial charge >= 0.3 is 0 Å². The van der Waals surface area contributed by atoms with Gasteiger partial charge in [0.05, 0.1) is 13.5 Å². The van der Waals surface area contributed by atoms with E-state index in [0.29, 0.717) is 12.5 Å². The molecule has 1 amide bonds. The molecule has 0 aliphatic heterocycles. The van der Waals surface area contributed by atoms with Crippen LogP contribution in [0.15, 0.2) is 18.2 Å². The molecule has 0 heterocycles. The number of methoxy groups -OCH3 is 1. The summed E-state index contributed by atoms with van der Waals surface area (Å²) in [6.07, 6.45) is 7.37. The molecule has 4 saturated carbocycles. The van der Waals surface area contributed by atoms with Crippen LogP contribution in [0.5, 0.6) is 5.75 Å². The highest BCUT2D eigenvalue weighted by Gasteiger charge is 2.50. The average Bonchev–Trinajstić information content (AvgIpc) is 2.55. The summed E-state index contributed by atoms with van der Waals surface area (Å²) in [5.41, 5.74) is 2.18. The van der Waals surface area contributed by atoms with E-state index in [0.717, 1.165) is 40.5 Å². The predicted octanol–water partition coefficient (Wildman–Crippen LogP) is 3.83. The van der Waals surface area contributed by atoms with E-state index in [4.69, 9.17) is 4.74 Å². The second-order valence-corrected chi connectivity index (χ2v) is 8.35. The van der Waals surface area contributed by atoms with Gasteiger partial charge in [0, 0.05) is 13.1 Å². The molecule has 130 valence electrons. The molecule has 4 bridgehead atoms. The van der Waals surface area contributed by atoms with Crippen LogP contribution >= 0.6 is 0 Å². The SMILES string of the molecule is COc1cccc(CC(=O)N(C)C2C3CC4CC(C3)CC2C4)c1C. The lowest BCUT2D eigenvalue weighted by atomic mass is 9.54. The Labute approximate surface area is 145 Å². The average molecular weight is 327 g/mol. The van der Waals surface area contributed by atoms with Crippen molar-refractivity contribution in [1.82, 2.24) is 4.90 Å². The normalized spacial score (nSPS) is 33.5. The Kier molecular flexibility index (Phi) is 4.06. The Bertz CT molecular complexity index is 611. The Balaban J connectivity index is 1.49. The number of likely N-dealkylation sites (N-methyl/N-ethyl adjacent to an activating group) is 1. The molecule has 4 aliphatic rings. The predicted molar refractivity (Wildman–Crippen MR) is 95.0 cm³/mol. The topological polar surface area (TPSA) is 29.5 Å². The number of hydrogen-bond acceptors (Lipinski definition) is 2. The maximum Gasteiger partial charge on any atom is 0.227 e. The maximum atomic E-state index is 13.0. The molecule has 0 unspecified atom stereocenters. The zero-order chi connectivity index (χ0) is 16.8. The molecule has 24 heavy (non-hydrogen) atoms. The van der Waals surface area contributed by atoms with Crippen molar-refractivity contribution in [3.8, 4) is 5.75 Å². The highest BCUT2D eigenvalue weighted by Crippen LogP contribution is 2.55. The van der Waals surface area contributed by atoms with Crippen molar-refractivity contribution in [3.05, 3.63) is 29.3 Å². The Morgan fingerprint density at radius 2 is 1.75 bits per heavy atom. The van der Waals surface area contributed by atoms with Crippen molar-refractivity contribution >= 4 is 5.91 Å². The lowest BCUT2D eigenvalue weighted by Crippen LogP contribution is -2.56. The lowest BCUT2D eigenvalue weighted by molar-refractivity contribution is -0.140. The second kappa shape index (κ2) is 6.09. The molecule has 3 nitrogen and oxygen atoms in total. The fourth-order valence-corrected chi connectivity index (χ4v) is 6.06. The monoisotopic (exact) mass is 327 g/mol. The maximum absolute atomic E-state index is 13.0. The largest absolute Gasteiger partial charge is 0.496 e. The summed E-state index contributed by atoms with van der Waals surface area (Å²) in [5, 5.41) is 0. The summed E-state index contributed by atoms with van der Waals surface area (Å²) in [5.74, 6) is 4.55. The third-order valence-electron chi connectivity index (χ3n) is 6.98. The summed E-state index contributed by atoms with van der Waals surface area (Å²) in [6.45, 7) is 2.05. The summed E-state index contributed by atoms with van der Waals surface area (Å²) < 4.78 is 5.40. The third-order valence-corrected chi connectivity index (χ3v) is 6.98. The van der Waals surface area contributed by atoms with Gasteiger partial charge in [0.15, 0.2) is 0 Å². The standard InChI is InChI=1S/C21H29NO2/c1-13-16(5-4-6-19(13)24-3)12-20(23)22(2)21-17-8-14-7-15(10-17)11-18(21)9-14/h4-6,14-15,17-18,21H,7-12H2,1-3H3. The Morgan fingerprint density at radius 1 is 1.12 bits per heavy atom. The highest BCUT2D eigenvalue weighted by molar-refractivity contribution is 5.79. The number of carbonyl (C=O) groups excluding carboxylic acids is 1. The molecule has 4 aliphatic carbocycles. The lowest BCUT2D eigenvalue weighted by Gasteiger charge is -2.56. The van der Waals surface area contributed by atoms with Crippen LogP contribution < -0.4 is 4.74 Å². The molecule has 0 saturated heterocycles. The van der Waals surface area contributed by atoms with Crippen LogP contribution in [0, 0.1) is 30.6 Å². The zero-order valence-electron chi connectivity index (χ0n) is 15.1. The molecule has 1 aromatic rings. The van der Waals surface area contributed by atoms with E-state index in [-0.39, 0.29) is 5.91 Å². The Hall–Kier alpha value is -1.51. The van der Waals surface area contributed by atoms with Crippen LogP contribution in [0.2, 0.25) is 0 Å². The minimum absolute atomic E-state index is 0.267. The summed E-state index contributed by atoms with van der Waals surface area (Å²) in [4.78, 5) is 15.1. The second-order valence-electron chi connectivity index (χ2n) is 8.35. The number of rotatable bonds is 4. The van der Waals surface area contributed by atoms with Crippen molar-refractivity contribution in [1.29, 1.82) is 0 Å². The van der Waals surface area contributed by atoms with E-state index in [1.165, 1.54) is 32.1 Å². The number of benzene rings is 1. The first-order valence-corrected chi connectivity index (χ1v) is 9.45. The van der Waals surface area contributed by atoms with Crippen LogP contribution in [-0.2, 0) is 11.2 Å². The van der Waals surface area contributed by atoms with Gasteiger partial charge in [0.2, 0.25) is 5.91 Å². The molecular weight excluding hydrogens is 298 g/mol. The van der Waals surface area contributed by atoms with Crippen LogP contribution in [0.1, 0.15) is 43.2 Å².